The molecule has 0 bridgehead atoms. The zero-order valence-corrected chi connectivity index (χ0v) is 11.9. The molecular weight excluding hydrogens is 367 g/mol. The van der Waals surface area contributed by atoms with E-state index in [1.54, 1.807) is 6.07 Å². The lowest BCUT2D eigenvalue weighted by Gasteiger charge is -2.06. The molecular formula is C13H8F2INO2. The van der Waals surface area contributed by atoms with E-state index in [2.05, 4.69) is 9.72 Å². The van der Waals surface area contributed by atoms with Gasteiger partial charge >= 0.3 is 5.97 Å². The fourth-order valence-corrected chi connectivity index (χ4v) is 2.25. The molecule has 3 nitrogen and oxygen atoms in total. The standard InChI is InChI=1S/C13H8F2INO2/c1-19-13(18)12-11(16)4-7(6-17-12)9-3-2-8(14)5-10(9)15/h2-6H,1H3. The Balaban J connectivity index is 2.47. The third kappa shape index (κ3) is 2.89. The summed E-state index contributed by atoms with van der Waals surface area (Å²) >= 11 is 1.91. The molecule has 0 unspecified atom stereocenters. The zero-order chi connectivity index (χ0) is 14.0. The van der Waals surface area contributed by atoms with Crippen molar-refractivity contribution in [3.05, 3.63) is 51.4 Å². The maximum atomic E-state index is 13.6. The lowest BCUT2D eigenvalue weighted by atomic mass is 10.1. The van der Waals surface area contributed by atoms with Gasteiger partial charge in [-0.15, -0.1) is 0 Å². The number of esters is 1. The highest BCUT2D eigenvalue weighted by Crippen LogP contribution is 2.25. The molecule has 2 rings (SSSR count). The third-order valence-electron chi connectivity index (χ3n) is 2.46. The molecule has 0 saturated heterocycles. The highest BCUT2D eigenvalue weighted by atomic mass is 127. The molecule has 6 heteroatoms. The van der Waals surface area contributed by atoms with Crippen molar-refractivity contribution in [2.75, 3.05) is 7.11 Å². The number of hydrogen-bond donors (Lipinski definition) is 0. The second kappa shape index (κ2) is 5.60. The van der Waals surface area contributed by atoms with Crippen LogP contribution in [0.5, 0.6) is 0 Å². The number of nitrogens with zero attached hydrogens (tertiary/aromatic N) is 1. The Morgan fingerprint density at radius 1 is 1.32 bits per heavy atom. The Bertz CT molecular complexity index is 647. The molecule has 98 valence electrons. The van der Waals surface area contributed by atoms with Gasteiger partial charge in [0.2, 0.25) is 0 Å². The van der Waals surface area contributed by atoms with Crippen LogP contribution < -0.4 is 0 Å². The monoisotopic (exact) mass is 375 g/mol. The van der Waals surface area contributed by atoms with Crippen LogP contribution in [-0.4, -0.2) is 18.1 Å². The number of carbonyl (C=O) groups is 1. The van der Waals surface area contributed by atoms with E-state index in [1.807, 2.05) is 22.6 Å². The Morgan fingerprint density at radius 2 is 2.05 bits per heavy atom. The summed E-state index contributed by atoms with van der Waals surface area (Å²) in [6.07, 6.45) is 1.35. The molecule has 1 aromatic heterocycles. The maximum Gasteiger partial charge on any atom is 0.357 e. The number of methoxy groups -OCH3 is 1. The van der Waals surface area contributed by atoms with E-state index in [0.29, 0.717) is 9.13 Å². The number of rotatable bonds is 2. The molecule has 0 atom stereocenters. The normalized spacial score (nSPS) is 10.3. The molecule has 0 saturated carbocycles. The maximum absolute atomic E-state index is 13.6. The number of pyridine rings is 1. The van der Waals surface area contributed by atoms with E-state index in [4.69, 9.17) is 0 Å². The lowest BCUT2D eigenvalue weighted by molar-refractivity contribution is 0.0593. The molecule has 0 N–H and O–H groups in total. The van der Waals surface area contributed by atoms with E-state index in [0.717, 1.165) is 6.07 Å². The molecule has 2 aromatic rings. The van der Waals surface area contributed by atoms with E-state index in [1.165, 1.54) is 25.4 Å². The van der Waals surface area contributed by atoms with Gasteiger partial charge in [-0.3, -0.25) is 0 Å². The summed E-state index contributed by atoms with van der Waals surface area (Å²) in [5.74, 6) is -1.88. The second-order valence-corrected chi connectivity index (χ2v) is 4.83. The van der Waals surface area contributed by atoms with Crippen LogP contribution >= 0.6 is 22.6 Å². The number of benzene rings is 1. The first-order chi connectivity index (χ1) is 9.02. The van der Waals surface area contributed by atoms with Crippen molar-refractivity contribution in [3.8, 4) is 11.1 Å². The Hall–Kier alpha value is -1.57. The van der Waals surface area contributed by atoms with Gasteiger partial charge in [0.15, 0.2) is 5.69 Å². The van der Waals surface area contributed by atoms with Crippen molar-refractivity contribution in [3.63, 3.8) is 0 Å². The fraction of sp³-hybridized carbons (Fsp3) is 0.0769. The van der Waals surface area contributed by atoms with Gasteiger partial charge in [-0.05, 0) is 40.8 Å². The predicted octanol–water partition coefficient (Wildman–Crippen LogP) is 3.42. The van der Waals surface area contributed by atoms with Crippen LogP contribution in [0.2, 0.25) is 0 Å². The van der Waals surface area contributed by atoms with Crippen molar-refractivity contribution >= 4 is 28.6 Å². The van der Waals surface area contributed by atoms with Crippen molar-refractivity contribution in [2.24, 2.45) is 0 Å². The lowest BCUT2D eigenvalue weighted by Crippen LogP contribution is -2.07. The first-order valence-corrected chi connectivity index (χ1v) is 6.30. The summed E-state index contributed by atoms with van der Waals surface area (Å²) in [6, 6.07) is 4.89. The molecule has 1 heterocycles. The summed E-state index contributed by atoms with van der Waals surface area (Å²) in [5.41, 5.74) is 0.854. The summed E-state index contributed by atoms with van der Waals surface area (Å²) in [4.78, 5) is 15.3. The van der Waals surface area contributed by atoms with Gasteiger partial charge < -0.3 is 4.74 Å². The minimum atomic E-state index is -0.677. The molecule has 0 aliphatic rings. The van der Waals surface area contributed by atoms with Gasteiger partial charge in [0.05, 0.1) is 7.11 Å². The van der Waals surface area contributed by atoms with E-state index in [9.17, 15) is 13.6 Å². The number of halogens is 3. The van der Waals surface area contributed by atoms with Crippen molar-refractivity contribution in [1.82, 2.24) is 4.98 Å². The minimum Gasteiger partial charge on any atom is -0.464 e. The molecule has 0 aliphatic carbocycles. The van der Waals surface area contributed by atoms with Crippen LogP contribution in [0, 0.1) is 15.2 Å². The SMILES string of the molecule is COC(=O)c1ncc(-c2ccc(F)cc2F)cc1I. The van der Waals surface area contributed by atoms with Crippen LogP contribution in [0.3, 0.4) is 0 Å². The van der Waals surface area contributed by atoms with Crippen molar-refractivity contribution < 1.29 is 18.3 Å². The quantitative estimate of drug-likeness (QED) is 0.597. The van der Waals surface area contributed by atoms with Gasteiger partial charge in [-0.25, -0.2) is 18.6 Å². The Kier molecular flexibility index (Phi) is 4.08. The molecule has 1 aromatic carbocycles. The molecule has 0 radical (unpaired) electrons. The molecule has 0 aliphatic heterocycles. The second-order valence-electron chi connectivity index (χ2n) is 3.67. The van der Waals surface area contributed by atoms with Gasteiger partial charge in [0.1, 0.15) is 11.6 Å². The summed E-state index contributed by atoms with van der Waals surface area (Å²) in [7, 11) is 1.26. The van der Waals surface area contributed by atoms with Crippen LogP contribution in [0.25, 0.3) is 11.1 Å². The number of carbonyl (C=O) groups excluding carboxylic acids is 1. The van der Waals surface area contributed by atoms with Crippen LogP contribution in [-0.2, 0) is 4.74 Å². The van der Waals surface area contributed by atoms with E-state index < -0.39 is 17.6 Å². The van der Waals surface area contributed by atoms with E-state index in [-0.39, 0.29) is 11.3 Å². The first-order valence-electron chi connectivity index (χ1n) is 5.22. The van der Waals surface area contributed by atoms with Gasteiger partial charge in [0.25, 0.3) is 0 Å². The van der Waals surface area contributed by atoms with Crippen LogP contribution in [0.1, 0.15) is 10.5 Å². The smallest absolute Gasteiger partial charge is 0.357 e. The molecule has 0 spiro atoms. The first kappa shape index (κ1) is 13.9. The minimum absolute atomic E-state index is 0.161. The summed E-state index contributed by atoms with van der Waals surface area (Å²) < 4.78 is 31.6. The largest absolute Gasteiger partial charge is 0.464 e. The Labute approximate surface area is 121 Å². The van der Waals surface area contributed by atoms with Gasteiger partial charge in [0, 0.05) is 27.0 Å². The zero-order valence-electron chi connectivity index (χ0n) is 9.78. The number of aromatic nitrogens is 1. The molecule has 0 amide bonds. The highest BCUT2D eigenvalue weighted by molar-refractivity contribution is 14.1. The number of ether oxygens (including phenoxy) is 1. The fourth-order valence-electron chi connectivity index (χ4n) is 1.56. The Morgan fingerprint density at radius 3 is 2.63 bits per heavy atom. The predicted molar refractivity (Wildman–Crippen MR) is 73.6 cm³/mol. The van der Waals surface area contributed by atoms with Gasteiger partial charge in [-0.2, -0.15) is 0 Å². The summed E-state index contributed by atoms with van der Waals surface area (Å²) in [5, 5.41) is 0. The highest BCUT2D eigenvalue weighted by Gasteiger charge is 2.14. The molecule has 19 heavy (non-hydrogen) atoms. The average Bonchev–Trinajstić information content (AvgIpc) is 2.37. The van der Waals surface area contributed by atoms with Crippen LogP contribution in [0.4, 0.5) is 8.78 Å². The summed E-state index contributed by atoms with van der Waals surface area (Å²) in [6.45, 7) is 0. The van der Waals surface area contributed by atoms with Crippen molar-refractivity contribution in [1.29, 1.82) is 0 Å². The van der Waals surface area contributed by atoms with Crippen molar-refractivity contribution in [2.45, 2.75) is 0 Å². The van der Waals surface area contributed by atoms with Crippen LogP contribution in [0.15, 0.2) is 30.5 Å². The number of hydrogen-bond acceptors (Lipinski definition) is 3. The molecule has 0 fully saturated rings. The topological polar surface area (TPSA) is 39.2 Å². The average molecular weight is 375 g/mol. The third-order valence-corrected chi connectivity index (χ3v) is 3.28. The van der Waals surface area contributed by atoms with Gasteiger partial charge in [-0.1, -0.05) is 0 Å². The van der Waals surface area contributed by atoms with E-state index >= 15 is 0 Å².